The molecular weight excluding hydrogens is 350 g/mol. The molecule has 0 aliphatic carbocycles. The van der Waals surface area contributed by atoms with Crippen LogP contribution in [-0.4, -0.2) is 15.9 Å². The van der Waals surface area contributed by atoms with Gasteiger partial charge in [0, 0.05) is 17.9 Å². The third-order valence-corrected chi connectivity index (χ3v) is 4.44. The number of aromatic nitrogens is 2. The summed E-state index contributed by atoms with van der Waals surface area (Å²) in [5, 5.41) is 4.18. The van der Waals surface area contributed by atoms with E-state index in [1.165, 1.54) is 0 Å². The number of H-pyrrole nitrogens is 1. The fourth-order valence-electron chi connectivity index (χ4n) is 2.84. The van der Waals surface area contributed by atoms with E-state index in [1.807, 2.05) is 43.3 Å². The van der Waals surface area contributed by atoms with E-state index in [2.05, 4.69) is 15.3 Å². The van der Waals surface area contributed by atoms with Gasteiger partial charge in [0.25, 0.3) is 5.56 Å². The van der Waals surface area contributed by atoms with Gasteiger partial charge in [-0.2, -0.15) is 0 Å². The standard InChI is InChI=1S/C20H20ClN3O2/c1-13(14-6-4-7-15(21)12-14)22-19(25)11-5-10-18-23-17-9-3-2-8-16(17)20(26)24-18/h2-4,6-9,12-13H,5,10-11H2,1H3,(H,22,25)(H,23,24,26). The molecule has 0 fully saturated rings. The highest BCUT2D eigenvalue weighted by Gasteiger charge is 2.10. The molecule has 5 nitrogen and oxygen atoms in total. The number of hydrogen-bond donors (Lipinski definition) is 2. The van der Waals surface area contributed by atoms with Gasteiger partial charge in [0.05, 0.1) is 16.9 Å². The van der Waals surface area contributed by atoms with Gasteiger partial charge in [-0.25, -0.2) is 4.98 Å². The van der Waals surface area contributed by atoms with Crippen LogP contribution in [0.2, 0.25) is 5.02 Å². The summed E-state index contributed by atoms with van der Waals surface area (Å²) in [5.41, 5.74) is 1.49. The largest absolute Gasteiger partial charge is 0.350 e. The maximum absolute atomic E-state index is 12.1. The first-order valence-corrected chi connectivity index (χ1v) is 8.93. The van der Waals surface area contributed by atoms with Gasteiger partial charge in [0.2, 0.25) is 5.91 Å². The molecule has 1 aromatic heterocycles. The molecule has 0 radical (unpaired) electrons. The Morgan fingerprint density at radius 1 is 1.23 bits per heavy atom. The number of carbonyl (C=O) groups excluding carboxylic acids is 1. The van der Waals surface area contributed by atoms with Crippen LogP contribution in [0.3, 0.4) is 0 Å². The zero-order valence-corrected chi connectivity index (χ0v) is 15.2. The van der Waals surface area contributed by atoms with Crippen molar-refractivity contribution in [3.05, 3.63) is 75.3 Å². The predicted molar refractivity (Wildman–Crippen MR) is 103 cm³/mol. The molecule has 1 atom stereocenters. The number of fused-ring (bicyclic) bond motifs is 1. The van der Waals surface area contributed by atoms with Gasteiger partial charge in [0.1, 0.15) is 5.82 Å². The number of carbonyl (C=O) groups is 1. The quantitative estimate of drug-likeness (QED) is 0.694. The monoisotopic (exact) mass is 369 g/mol. The molecule has 3 rings (SSSR count). The summed E-state index contributed by atoms with van der Waals surface area (Å²) in [6, 6.07) is 14.5. The number of para-hydroxylation sites is 1. The van der Waals surface area contributed by atoms with Crippen molar-refractivity contribution in [2.75, 3.05) is 0 Å². The van der Waals surface area contributed by atoms with Crippen LogP contribution in [0.25, 0.3) is 10.9 Å². The van der Waals surface area contributed by atoms with Crippen LogP contribution in [0, 0.1) is 0 Å². The van der Waals surface area contributed by atoms with E-state index in [0.29, 0.717) is 41.0 Å². The summed E-state index contributed by atoms with van der Waals surface area (Å²) in [7, 11) is 0. The topological polar surface area (TPSA) is 74.8 Å². The third kappa shape index (κ3) is 4.49. The van der Waals surface area contributed by atoms with Crippen LogP contribution >= 0.6 is 11.6 Å². The lowest BCUT2D eigenvalue weighted by molar-refractivity contribution is -0.121. The fraction of sp³-hybridized carbons (Fsp3) is 0.250. The minimum Gasteiger partial charge on any atom is -0.350 e. The van der Waals surface area contributed by atoms with Crippen LogP contribution in [0.15, 0.2) is 53.3 Å². The average molecular weight is 370 g/mol. The third-order valence-electron chi connectivity index (χ3n) is 4.21. The molecule has 1 amide bonds. The second kappa shape index (κ2) is 8.15. The summed E-state index contributed by atoms with van der Waals surface area (Å²) in [6.07, 6.45) is 1.51. The minimum absolute atomic E-state index is 0.0411. The lowest BCUT2D eigenvalue weighted by Crippen LogP contribution is -2.26. The summed E-state index contributed by atoms with van der Waals surface area (Å²) < 4.78 is 0. The van der Waals surface area contributed by atoms with Crippen LogP contribution < -0.4 is 10.9 Å². The summed E-state index contributed by atoms with van der Waals surface area (Å²) >= 11 is 5.98. The Morgan fingerprint density at radius 2 is 2.04 bits per heavy atom. The molecule has 2 aromatic carbocycles. The number of benzene rings is 2. The first kappa shape index (κ1) is 18.1. The number of halogens is 1. The molecule has 1 unspecified atom stereocenters. The number of rotatable bonds is 6. The van der Waals surface area contributed by atoms with Gasteiger partial charge in [0.15, 0.2) is 0 Å². The number of aromatic amines is 1. The second-order valence-corrected chi connectivity index (χ2v) is 6.66. The van der Waals surface area contributed by atoms with E-state index < -0.39 is 0 Å². The van der Waals surface area contributed by atoms with Gasteiger partial charge >= 0.3 is 0 Å². The molecule has 26 heavy (non-hydrogen) atoms. The molecule has 3 aromatic rings. The van der Waals surface area contributed by atoms with Gasteiger partial charge in [-0.3, -0.25) is 9.59 Å². The van der Waals surface area contributed by atoms with Crippen molar-refractivity contribution in [1.29, 1.82) is 0 Å². The van der Waals surface area contributed by atoms with E-state index in [4.69, 9.17) is 11.6 Å². The molecular formula is C20H20ClN3O2. The lowest BCUT2D eigenvalue weighted by atomic mass is 10.1. The van der Waals surface area contributed by atoms with E-state index in [1.54, 1.807) is 12.1 Å². The molecule has 0 saturated heterocycles. The zero-order chi connectivity index (χ0) is 18.5. The normalized spacial score (nSPS) is 12.1. The Kier molecular flexibility index (Phi) is 5.68. The summed E-state index contributed by atoms with van der Waals surface area (Å²) in [6.45, 7) is 1.92. The van der Waals surface area contributed by atoms with Crippen molar-refractivity contribution >= 4 is 28.4 Å². The first-order chi connectivity index (χ1) is 12.5. The van der Waals surface area contributed by atoms with Crippen molar-refractivity contribution in [3.8, 4) is 0 Å². The van der Waals surface area contributed by atoms with Crippen LogP contribution in [-0.2, 0) is 11.2 Å². The Balaban J connectivity index is 1.54. The SMILES string of the molecule is CC(NC(=O)CCCc1nc2ccccc2c(=O)[nH]1)c1cccc(Cl)c1. The highest BCUT2D eigenvalue weighted by molar-refractivity contribution is 6.30. The van der Waals surface area contributed by atoms with Crippen molar-refractivity contribution in [2.45, 2.75) is 32.2 Å². The van der Waals surface area contributed by atoms with Crippen molar-refractivity contribution in [1.82, 2.24) is 15.3 Å². The maximum atomic E-state index is 12.1. The molecule has 0 bridgehead atoms. The Bertz CT molecular complexity index is 984. The molecule has 6 heteroatoms. The van der Waals surface area contributed by atoms with Crippen LogP contribution in [0.1, 0.15) is 37.2 Å². The molecule has 2 N–H and O–H groups in total. The Labute approximate surface area is 156 Å². The number of amides is 1. The van der Waals surface area contributed by atoms with Crippen molar-refractivity contribution in [3.63, 3.8) is 0 Å². The van der Waals surface area contributed by atoms with E-state index in [0.717, 1.165) is 5.56 Å². The lowest BCUT2D eigenvalue weighted by Gasteiger charge is -2.14. The van der Waals surface area contributed by atoms with Crippen LogP contribution in [0.4, 0.5) is 0 Å². The predicted octanol–water partition coefficient (Wildman–Crippen LogP) is 3.78. The molecule has 0 saturated carbocycles. The molecule has 134 valence electrons. The molecule has 1 heterocycles. The van der Waals surface area contributed by atoms with Crippen molar-refractivity contribution in [2.24, 2.45) is 0 Å². The summed E-state index contributed by atoms with van der Waals surface area (Å²) in [4.78, 5) is 31.4. The zero-order valence-electron chi connectivity index (χ0n) is 14.5. The number of aryl methyl sites for hydroxylation is 1. The summed E-state index contributed by atoms with van der Waals surface area (Å²) in [5.74, 6) is 0.560. The Hall–Kier alpha value is -2.66. The average Bonchev–Trinajstić information content (AvgIpc) is 2.62. The van der Waals surface area contributed by atoms with Gasteiger partial charge in [-0.15, -0.1) is 0 Å². The minimum atomic E-state index is -0.148. The van der Waals surface area contributed by atoms with Gasteiger partial charge in [-0.05, 0) is 43.2 Å². The second-order valence-electron chi connectivity index (χ2n) is 6.23. The van der Waals surface area contributed by atoms with Crippen LogP contribution in [0.5, 0.6) is 0 Å². The molecule has 0 spiro atoms. The van der Waals surface area contributed by atoms with E-state index in [-0.39, 0.29) is 17.5 Å². The maximum Gasteiger partial charge on any atom is 0.258 e. The van der Waals surface area contributed by atoms with Gasteiger partial charge in [-0.1, -0.05) is 35.9 Å². The molecule has 0 aliphatic heterocycles. The number of nitrogens with one attached hydrogen (secondary N) is 2. The fourth-order valence-corrected chi connectivity index (χ4v) is 3.04. The van der Waals surface area contributed by atoms with E-state index >= 15 is 0 Å². The highest BCUT2D eigenvalue weighted by Crippen LogP contribution is 2.17. The Morgan fingerprint density at radius 3 is 2.85 bits per heavy atom. The van der Waals surface area contributed by atoms with E-state index in [9.17, 15) is 9.59 Å². The smallest absolute Gasteiger partial charge is 0.258 e. The highest BCUT2D eigenvalue weighted by atomic mass is 35.5. The number of hydrogen-bond acceptors (Lipinski definition) is 3. The number of nitrogens with zero attached hydrogens (tertiary/aromatic N) is 1. The van der Waals surface area contributed by atoms with Crippen molar-refractivity contribution < 1.29 is 4.79 Å². The first-order valence-electron chi connectivity index (χ1n) is 8.55. The molecule has 0 aliphatic rings. The van der Waals surface area contributed by atoms with Gasteiger partial charge < -0.3 is 10.3 Å².